The number of nitrogens with one attached hydrogen (secondary N) is 1. The van der Waals surface area contributed by atoms with Crippen molar-refractivity contribution in [2.24, 2.45) is 11.3 Å². The largest absolute Gasteiger partial charge is 0.481 e. The van der Waals surface area contributed by atoms with Gasteiger partial charge in [-0.2, -0.15) is 0 Å². The molecule has 5 nitrogen and oxygen atoms in total. The number of carbonyl (C=O) groups excluding carboxylic acids is 1. The zero-order chi connectivity index (χ0) is 13.6. The van der Waals surface area contributed by atoms with Crippen LogP contribution in [0, 0.1) is 11.3 Å². The number of carboxylic acid groups (broad SMARTS) is 1. The Hall–Kier alpha value is -1.10. The Balaban J connectivity index is 4.23. The van der Waals surface area contributed by atoms with Crippen LogP contribution in [0.25, 0.3) is 0 Å². The van der Waals surface area contributed by atoms with Gasteiger partial charge in [0.05, 0.1) is 12.7 Å². The first-order valence-electron chi connectivity index (χ1n) is 5.78. The molecule has 0 aromatic rings. The number of carboxylic acids is 1. The maximum atomic E-state index is 11.7. The van der Waals surface area contributed by atoms with E-state index in [0.717, 1.165) is 0 Å². The van der Waals surface area contributed by atoms with Crippen molar-refractivity contribution in [2.45, 2.75) is 40.7 Å². The van der Waals surface area contributed by atoms with Gasteiger partial charge in [-0.05, 0) is 19.3 Å². The highest BCUT2D eigenvalue weighted by Gasteiger charge is 2.37. The molecule has 5 heteroatoms. The number of ether oxygens (including phenoxy) is 1. The van der Waals surface area contributed by atoms with Crippen LogP contribution in [0.3, 0.4) is 0 Å². The van der Waals surface area contributed by atoms with Crippen molar-refractivity contribution in [3.8, 4) is 0 Å². The summed E-state index contributed by atoms with van der Waals surface area (Å²) in [6.45, 7) is 9.72. The summed E-state index contributed by atoms with van der Waals surface area (Å²) >= 11 is 0. The second kappa shape index (κ2) is 6.59. The van der Waals surface area contributed by atoms with Crippen LogP contribution in [-0.4, -0.2) is 36.2 Å². The van der Waals surface area contributed by atoms with E-state index in [1.807, 2.05) is 13.8 Å². The van der Waals surface area contributed by atoms with E-state index >= 15 is 0 Å². The highest BCUT2D eigenvalue weighted by Crippen LogP contribution is 2.26. The standard InChI is InChI=1S/C12H23NO4/c1-8(2)17-7-6-13-10(14)9(11(15)16)12(3,4)5/h8-9H,6-7H2,1-5H3,(H,13,14)(H,15,16). The topological polar surface area (TPSA) is 75.6 Å². The van der Waals surface area contributed by atoms with E-state index in [1.54, 1.807) is 20.8 Å². The molecule has 1 atom stereocenters. The fourth-order valence-corrected chi connectivity index (χ4v) is 1.45. The predicted molar refractivity (Wildman–Crippen MR) is 64.7 cm³/mol. The summed E-state index contributed by atoms with van der Waals surface area (Å²) in [7, 11) is 0. The molecule has 0 spiro atoms. The van der Waals surface area contributed by atoms with Crippen molar-refractivity contribution < 1.29 is 19.4 Å². The molecule has 1 unspecified atom stereocenters. The van der Waals surface area contributed by atoms with Gasteiger partial charge in [0.25, 0.3) is 0 Å². The first-order valence-corrected chi connectivity index (χ1v) is 5.78. The predicted octanol–water partition coefficient (Wildman–Crippen LogP) is 1.27. The van der Waals surface area contributed by atoms with E-state index in [0.29, 0.717) is 13.2 Å². The number of rotatable bonds is 6. The summed E-state index contributed by atoms with van der Waals surface area (Å²) in [6, 6.07) is 0. The maximum Gasteiger partial charge on any atom is 0.316 e. The number of amides is 1. The first kappa shape index (κ1) is 15.9. The van der Waals surface area contributed by atoms with Crippen molar-refractivity contribution in [1.82, 2.24) is 5.32 Å². The Morgan fingerprint density at radius 3 is 2.18 bits per heavy atom. The molecule has 0 radical (unpaired) electrons. The maximum absolute atomic E-state index is 11.7. The Labute approximate surface area is 103 Å². The zero-order valence-corrected chi connectivity index (χ0v) is 11.2. The van der Waals surface area contributed by atoms with E-state index in [4.69, 9.17) is 9.84 Å². The minimum atomic E-state index is -1.10. The molecule has 17 heavy (non-hydrogen) atoms. The van der Waals surface area contributed by atoms with Crippen LogP contribution >= 0.6 is 0 Å². The third-order valence-electron chi connectivity index (χ3n) is 2.23. The lowest BCUT2D eigenvalue weighted by Crippen LogP contribution is -2.43. The molecular weight excluding hydrogens is 222 g/mol. The van der Waals surface area contributed by atoms with Crippen LogP contribution in [0.15, 0.2) is 0 Å². The molecule has 100 valence electrons. The molecule has 0 saturated carbocycles. The van der Waals surface area contributed by atoms with Gasteiger partial charge in [0.2, 0.25) is 5.91 Å². The molecular formula is C12H23NO4. The second-order valence-electron chi connectivity index (χ2n) is 5.35. The summed E-state index contributed by atoms with van der Waals surface area (Å²) < 4.78 is 5.26. The zero-order valence-electron chi connectivity index (χ0n) is 11.2. The van der Waals surface area contributed by atoms with Crippen LogP contribution in [0.4, 0.5) is 0 Å². The molecule has 0 aliphatic carbocycles. The third-order valence-corrected chi connectivity index (χ3v) is 2.23. The number of aliphatic carboxylic acids is 1. The minimum absolute atomic E-state index is 0.102. The summed E-state index contributed by atoms with van der Waals surface area (Å²) in [5, 5.41) is 11.6. The van der Waals surface area contributed by atoms with E-state index in [2.05, 4.69) is 5.32 Å². The third kappa shape index (κ3) is 6.26. The van der Waals surface area contributed by atoms with Gasteiger partial charge in [-0.1, -0.05) is 20.8 Å². The van der Waals surface area contributed by atoms with Gasteiger partial charge < -0.3 is 15.2 Å². The number of hydrogen-bond acceptors (Lipinski definition) is 3. The molecule has 0 rings (SSSR count). The quantitative estimate of drug-likeness (QED) is 0.546. The monoisotopic (exact) mass is 245 g/mol. The Bertz CT molecular complexity index is 268. The van der Waals surface area contributed by atoms with Crippen molar-refractivity contribution in [3.63, 3.8) is 0 Å². The molecule has 1 amide bonds. The van der Waals surface area contributed by atoms with Crippen molar-refractivity contribution in [3.05, 3.63) is 0 Å². The molecule has 0 saturated heterocycles. The molecule has 2 N–H and O–H groups in total. The lowest BCUT2D eigenvalue weighted by Gasteiger charge is -2.25. The van der Waals surface area contributed by atoms with Crippen molar-refractivity contribution in [1.29, 1.82) is 0 Å². The normalized spacial score (nSPS) is 13.5. The van der Waals surface area contributed by atoms with Gasteiger partial charge in [0.1, 0.15) is 5.92 Å². The van der Waals surface area contributed by atoms with Gasteiger partial charge in [-0.15, -0.1) is 0 Å². The molecule has 0 aromatic carbocycles. The number of hydrogen-bond donors (Lipinski definition) is 2. The van der Waals surface area contributed by atoms with Gasteiger partial charge in [0, 0.05) is 6.54 Å². The van der Waals surface area contributed by atoms with Crippen LogP contribution in [0.1, 0.15) is 34.6 Å². The van der Waals surface area contributed by atoms with Gasteiger partial charge in [-0.3, -0.25) is 9.59 Å². The average Bonchev–Trinajstić information content (AvgIpc) is 2.08. The summed E-state index contributed by atoms with van der Waals surface area (Å²) in [5.74, 6) is -2.60. The first-order chi connectivity index (χ1) is 7.66. The van der Waals surface area contributed by atoms with Gasteiger partial charge in [0.15, 0.2) is 0 Å². The van der Waals surface area contributed by atoms with Crippen LogP contribution in [-0.2, 0) is 14.3 Å². The van der Waals surface area contributed by atoms with E-state index < -0.39 is 23.2 Å². The lowest BCUT2D eigenvalue weighted by atomic mass is 9.80. The van der Waals surface area contributed by atoms with Gasteiger partial charge >= 0.3 is 5.97 Å². The average molecular weight is 245 g/mol. The highest BCUT2D eigenvalue weighted by molar-refractivity contribution is 5.97. The molecule has 0 fully saturated rings. The Kier molecular flexibility index (Phi) is 6.16. The molecule has 0 aliphatic heterocycles. The van der Waals surface area contributed by atoms with Crippen molar-refractivity contribution >= 4 is 11.9 Å². The van der Waals surface area contributed by atoms with Gasteiger partial charge in [-0.25, -0.2) is 0 Å². The Morgan fingerprint density at radius 2 is 1.82 bits per heavy atom. The van der Waals surface area contributed by atoms with Crippen molar-refractivity contribution in [2.75, 3.05) is 13.2 Å². The van der Waals surface area contributed by atoms with Crippen LogP contribution in [0.5, 0.6) is 0 Å². The summed E-state index contributed by atoms with van der Waals surface area (Å²) in [5.41, 5.74) is -0.602. The molecule has 0 heterocycles. The SMILES string of the molecule is CC(C)OCCNC(=O)C(C(=O)O)C(C)(C)C. The van der Waals surface area contributed by atoms with Crippen LogP contribution in [0.2, 0.25) is 0 Å². The summed E-state index contributed by atoms with van der Waals surface area (Å²) in [4.78, 5) is 22.8. The minimum Gasteiger partial charge on any atom is -0.481 e. The van der Waals surface area contributed by atoms with E-state index in [1.165, 1.54) is 0 Å². The van der Waals surface area contributed by atoms with E-state index in [9.17, 15) is 9.59 Å². The lowest BCUT2D eigenvalue weighted by molar-refractivity contribution is -0.151. The number of carbonyl (C=O) groups is 2. The molecule has 0 aromatic heterocycles. The van der Waals surface area contributed by atoms with Crippen LogP contribution < -0.4 is 5.32 Å². The molecule has 0 bridgehead atoms. The summed E-state index contributed by atoms with van der Waals surface area (Å²) in [6.07, 6.45) is 0.102. The smallest absolute Gasteiger partial charge is 0.316 e. The highest BCUT2D eigenvalue weighted by atomic mass is 16.5. The fourth-order valence-electron chi connectivity index (χ4n) is 1.45. The molecule has 0 aliphatic rings. The fraction of sp³-hybridized carbons (Fsp3) is 0.833. The Morgan fingerprint density at radius 1 is 1.29 bits per heavy atom. The van der Waals surface area contributed by atoms with E-state index in [-0.39, 0.29) is 6.10 Å². The second-order valence-corrected chi connectivity index (χ2v) is 5.35.